The number of anilines is 2. The number of aromatic nitrogens is 1. The number of nitrogens with one attached hydrogen (secondary N) is 1. The lowest BCUT2D eigenvalue weighted by Crippen LogP contribution is -2.17. The molecule has 0 radical (unpaired) electrons. The van der Waals surface area contributed by atoms with Gasteiger partial charge in [0.25, 0.3) is 0 Å². The highest BCUT2D eigenvalue weighted by molar-refractivity contribution is 5.67. The Bertz CT molecular complexity index is 607. The van der Waals surface area contributed by atoms with Crippen LogP contribution in [0, 0.1) is 6.92 Å². The summed E-state index contributed by atoms with van der Waals surface area (Å²) < 4.78 is 0. The maximum absolute atomic E-state index is 4.79. The van der Waals surface area contributed by atoms with Gasteiger partial charge in [-0.25, -0.2) is 4.98 Å². The number of benzene rings is 1. The molecule has 1 aliphatic heterocycles. The van der Waals surface area contributed by atoms with Crippen LogP contribution in [-0.4, -0.2) is 18.1 Å². The Hall–Kier alpha value is -1.87. The third-order valence-electron chi connectivity index (χ3n) is 3.91. The fourth-order valence-electron chi connectivity index (χ4n) is 2.75. The lowest BCUT2D eigenvalue weighted by molar-refractivity contribution is 0.719. The van der Waals surface area contributed by atoms with Crippen molar-refractivity contribution in [3.63, 3.8) is 0 Å². The Morgan fingerprint density at radius 2 is 2.05 bits per heavy atom. The maximum atomic E-state index is 4.79. The normalized spacial score (nSPS) is 13.6. The number of hydrogen-bond donors (Lipinski definition) is 1. The molecule has 2 aromatic rings. The van der Waals surface area contributed by atoms with Crippen molar-refractivity contribution in [2.45, 2.75) is 26.8 Å². The molecule has 1 aromatic heterocycles. The minimum atomic E-state index is 0.895. The molecule has 0 atom stereocenters. The summed E-state index contributed by atoms with van der Waals surface area (Å²) in [7, 11) is 0. The Labute approximate surface area is 120 Å². The van der Waals surface area contributed by atoms with Gasteiger partial charge in [-0.15, -0.1) is 0 Å². The predicted molar refractivity (Wildman–Crippen MR) is 83.5 cm³/mol. The Balaban J connectivity index is 1.87. The number of para-hydroxylation sites is 1. The zero-order valence-electron chi connectivity index (χ0n) is 12.2. The van der Waals surface area contributed by atoms with E-state index in [1.54, 1.807) is 0 Å². The highest BCUT2D eigenvalue weighted by atomic mass is 15.2. The second kappa shape index (κ2) is 5.63. The van der Waals surface area contributed by atoms with Crippen LogP contribution in [0.25, 0.3) is 0 Å². The van der Waals surface area contributed by atoms with Crippen molar-refractivity contribution in [3.8, 4) is 0 Å². The lowest BCUT2D eigenvalue weighted by atomic mass is 10.2. The molecule has 3 rings (SSSR count). The Morgan fingerprint density at radius 1 is 1.20 bits per heavy atom. The van der Waals surface area contributed by atoms with Crippen LogP contribution in [0.4, 0.5) is 11.5 Å². The SMILES string of the molecule is CCNCc1ccc(N2CCc3ccccc32)nc1C. The van der Waals surface area contributed by atoms with Crippen LogP contribution in [0.2, 0.25) is 0 Å². The molecular weight excluding hydrogens is 246 g/mol. The topological polar surface area (TPSA) is 28.2 Å². The summed E-state index contributed by atoms with van der Waals surface area (Å²) in [5.41, 5.74) is 5.12. The van der Waals surface area contributed by atoms with E-state index < -0.39 is 0 Å². The van der Waals surface area contributed by atoms with Gasteiger partial charge in [-0.05, 0) is 43.1 Å². The standard InChI is InChI=1S/C17H21N3/c1-3-18-12-15-8-9-17(19-13(15)2)20-11-10-14-6-4-5-7-16(14)20/h4-9,18H,3,10-12H2,1-2H3. The van der Waals surface area contributed by atoms with Gasteiger partial charge < -0.3 is 10.2 Å². The Kier molecular flexibility index (Phi) is 3.70. The van der Waals surface area contributed by atoms with E-state index in [1.165, 1.54) is 16.8 Å². The fourth-order valence-corrected chi connectivity index (χ4v) is 2.75. The first-order valence-electron chi connectivity index (χ1n) is 7.32. The minimum Gasteiger partial charge on any atom is -0.326 e. The average molecular weight is 267 g/mol. The van der Waals surface area contributed by atoms with E-state index >= 15 is 0 Å². The molecule has 0 unspecified atom stereocenters. The van der Waals surface area contributed by atoms with Gasteiger partial charge in [-0.2, -0.15) is 0 Å². The lowest BCUT2D eigenvalue weighted by Gasteiger charge is -2.19. The summed E-state index contributed by atoms with van der Waals surface area (Å²) in [5, 5.41) is 3.36. The van der Waals surface area contributed by atoms with Crippen molar-refractivity contribution < 1.29 is 0 Å². The zero-order valence-corrected chi connectivity index (χ0v) is 12.2. The van der Waals surface area contributed by atoms with E-state index in [2.05, 4.69) is 60.5 Å². The van der Waals surface area contributed by atoms with Crippen LogP contribution in [0.15, 0.2) is 36.4 Å². The molecule has 0 saturated heterocycles. The third-order valence-corrected chi connectivity index (χ3v) is 3.91. The molecule has 20 heavy (non-hydrogen) atoms. The van der Waals surface area contributed by atoms with Crippen LogP contribution < -0.4 is 10.2 Å². The Morgan fingerprint density at radius 3 is 2.85 bits per heavy atom. The van der Waals surface area contributed by atoms with Gasteiger partial charge in [-0.1, -0.05) is 31.2 Å². The second-order valence-electron chi connectivity index (χ2n) is 5.22. The number of aryl methyl sites for hydroxylation is 1. The van der Waals surface area contributed by atoms with Crippen LogP contribution in [0.5, 0.6) is 0 Å². The van der Waals surface area contributed by atoms with E-state index in [9.17, 15) is 0 Å². The van der Waals surface area contributed by atoms with Crippen molar-refractivity contribution in [3.05, 3.63) is 53.2 Å². The molecule has 0 bridgehead atoms. The fraction of sp³-hybridized carbons (Fsp3) is 0.353. The number of rotatable bonds is 4. The molecular formula is C17H21N3. The molecule has 0 saturated carbocycles. The third kappa shape index (κ3) is 2.41. The van der Waals surface area contributed by atoms with Crippen molar-refractivity contribution >= 4 is 11.5 Å². The number of fused-ring (bicyclic) bond motifs is 1. The van der Waals surface area contributed by atoms with Gasteiger partial charge in [-0.3, -0.25) is 0 Å². The minimum absolute atomic E-state index is 0.895. The van der Waals surface area contributed by atoms with Gasteiger partial charge in [0.2, 0.25) is 0 Å². The maximum Gasteiger partial charge on any atom is 0.133 e. The molecule has 104 valence electrons. The largest absolute Gasteiger partial charge is 0.326 e. The smallest absolute Gasteiger partial charge is 0.133 e. The van der Waals surface area contributed by atoms with Crippen LogP contribution >= 0.6 is 0 Å². The molecule has 0 spiro atoms. The van der Waals surface area contributed by atoms with Gasteiger partial charge in [0.1, 0.15) is 5.82 Å². The van der Waals surface area contributed by atoms with Crippen molar-refractivity contribution in [2.24, 2.45) is 0 Å². The first-order chi connectivity index (χ1) is 9.79. The van der Waals surface area contributed by atoms with E-state index in [-0.39, 0.29) is 0 Å². The summed E-state index contributed by atoms with van der Waals surface area (Å²) >= 11 is 0. The highest BCUT2D eigenvalue weighted by Crippen LogP contribution is 2.33. The summed E-state index contributed by atoms with van der Waals surface area (Å²) in [6, 6.07) is 12.9. The molecule has 3 heteroatoms. The monoisotopic (exact) mass is 267 g/mol. The van der Waals surface area contributed by atoms with E-state index in [1.807, 2.05) is 0 Å². The predicted octanol–water partition coefficient (Wildman–Crippen LogP) is 3.19. The quantitative estimate of drug-likeness (QED) is 0.922. The number of pyridine rings is 1. The van der Waals surface area contributed by atoms with Crippen LogP contribution in [-0.2, 0) is 13.0 Å². The molecule has 1 aromatic carbocycles. The van der Waals surface area contributed by atoms with Crippen molar-refractivity contribution in [1.82, 2.24) is 10.3 Å². The number of hydrogen-bond acceptors (Lipinski definition) is 3. The van der Waals surface area contributed by atoms with Gasteiger partial charge >= 0.3 is 0 Å². The first kappa shape index (κ1) is 13.1. The first-order valence-corrected chi connectivity index (χ1v) is 7.32. The molecule has 0 amide bonds. The molecule has 3 nitrogen and oxygen atoms in total. The van der Waals surface area contributed by atoms with Crippen molar-refractivity contribution in [1.29, 1.82) is 0 Å². The van der Waals surface area contributed by atoms with Crippen molar-refractivity contribution in [2.75, 3.05) is 18.0 Å². The van der Waals surface area contributed by atoms with E-state index in [0.717, 1.165) is 37.6 Å². The van der Waals surface area contributed by atoms with Gasteiger partial charge in [0, 0.05) is 24.5 Å². The van der Waals surface area contributed by atoms with Crippen LogP contribution in [0.3, 0.4) is 0 Å². The second-order valence-corrected chi connectivity index (χ2v) is 5.22. The molecule has 1 N–H and O–H groups in total. The average Bonchev–Trinajstić information content (AvgIpc) is 2.90. The number of nitrogens with zero attached hydrogens (tertiary/aromatic N) is 2. The molecule has 2 heterocycles. The van der Waals surface area contributed by atoms with Gasteiger partial charge in [0.15, 0.2) is 0 Å². The van der Waals surface area contributed by atoms with Crippen LogP contribution in [0.1, 0.15) is 23.7 Å². The summed E-state index contributed by atoms with van der Waals surface area (Å²) in [6.07, 6.45) is 1.11. The molecule has 1 aliphatic rings. The summed E-state index contributed by atoms with van der Waals surface area (Å²) in [5.74, 6) is 1.06. The van der Waals surface area contributed by atoms with Gasteiger partial charge in [0.05, 0.1) is 0 Å². The molecule has 0 fully saturated rings. The van der Waals surface area contributed by atoms with E-state index in [4.69, 9.17) is 4.98 Å². The zero-order chi connectivity index (χ0) is 13.9. The molecule has 0 aliphatic carbocycles. The summed E-state index contributed by atoms with van der Waals surface area (Å²) in [4.78, 5) is 7.11. The van der Waals surface area contributed by atoms with E-state index in [0.29, 0.717) is 0 Å². The summed E-state index contributed by atoms with van der Waals surface area (Å²) in [6.45, 7) is 7.13. The highest BCUT2D eigenvalue weighted by Gasteiger charge is 2.20.